The Morgan fingerprint density at radius 2 is 1.30 bits per heavy atom. The molecular formula is C49H80NO10P. The molecule has 0 spiro atoms. The van der Waals surface area contributed by atoms with Gasteiger partial charge in [0.25, 0.3) is 0 Å². The molecule has 0 aliphatic carbocycles. The largest absolute Gasteiger partial charge is 0.472 e. The third-order valence-electron chi connectivity index (χ3n) is 9.90. The summed E-state index contributed by atoms with van der Waals surface area (Å²) in [6.07, 6.45) is 40.9. The number of aliphatic hydroxyl groups excluding tert-OH is 1. The Morgan fingerprint density at radius 3 is 1.95 bits per heavy atom. The van der Waals surface area contributed by atoms with E-state index in [-0.39, 0.29) is 32.6 Å². The van der Waals surface area contributed by atoms with Crippen LogP contribution in [0.1, 0.15) is 158 Å². The molecule has 3 atom stereocenters. The second-order valence-electron chi connectivity index (χ2n) is 15.3. The van der Waals surface area contributed by atoms with Crippen molar-refractivity contribution in [1.29, 1.82) is 0 Å². The molecule has 2 unspecified atom stereocenters. The van der Waals surface area contributed by atoms with Crippen LogP contribution in [0.3, 0.4) is 0 Å². The third kappa shape index (κ3) is 31.2. The SMILES string of the molecule is CC/C=C\C/C=C\CC(O)/C=C/C=C\C/C=C\C/C=C\CCC(=O)O[C@H](COC(=O)CCCCCCCCCCc1oc(CCCCC)c(C)c1C)COP(=O)(O)OCCN. The highest BCUT2D eigenvalue weighted by Crippen LogP contribution is 2.43. The van der Waals surface area contributed by atoms with E-state index in [1.54, 1.807) is 6.08 Å². The van der Waals surface area contributed by atoms with E-state index in [1.807, 2.05) is 48.6 Å². The molecule has 0 bridgehead atoms. The number of carbonyl (C=O) groups excluding carboxylic acids is 2. The minimum Gasteiger partial charge on any atom is -0.466 e. The van der Waals surface area contributed by atoms with E-state index in [2.05, 4.69) is 45.9 Å². The fourth-order valence-electron chi connectivity index (χ4n) is 6.22. The minimum absolute atomic E-state index is 0.0239. The number of furan rings is 1. The van der Waals surface area contributed by atoms with E-state index in [0.29, 0.717) is 25.7 Å². The van der Waals surface area contributed by atoms with Gasteiger partial charge in [-0.15, -0.1) is 0 Å². The number of unbranched alkanes of at least 4 members (excludes halogenated alkanes) is 9. The molecule has 0 saturated heterocycles. The molecule has 0 radical (unpaired) electrons. The van der Waals surface area contributed by atoms with Gasteiger partial charge in [0, 0.05) is 32.2 Å². The highest BCUT2D eigenvalue weighted by atomic mass is 31.2. The van der Waals surface area contributed by atoms with Crippen molar-refractivity contribution >= 4 is 19.8 Å². The number of hydrogen-bond acceptors (Lipinski definition) is 10. The van der Waals surface area contributed by atoms with E-state index < -0.39 is 38.6 Å². The highest BCUT2D eigenvalue weighted by molar-refractivity contribution is 7.47. The van der Waals surface area contributed by atoms with Crippen molar-refractivity contribution in [2.75, 3.05) is 26.4 Å². The molecule has 1 aromatic rings. The molecule has 0 aliphatic rings. The van der Waals surface area contributed by atoms with E-state index >= 15 is 0 Å². The quantitative estimate of drug-likeness (QED) is 0.0190. The summed E-state index contributed by atoms with van der Waals surface area (Å²) in [5, 5.41) is 10.0. The standard InChI is InChI=1S/C49H80NO10P/c1-5-7-9-10-21-27-32-44(51)33-28-22-17-13-11-12-14-20-25-31-37-49(53)59-45(41-58-61(54,55)57-39-38-50)40-56-48(52)36-30-24-19-16-15-18-23-29-35-47-43(4)42(3)46(60-47)34-26-8-6-2/h7,9,11-12,17,20-22,25,27-28,33,44-45,51H,5-6,8,10,13-16,18-19,23-24,26,29-32,34-41,50H2,1-4H3,(H,54,55)/b9-7-,12-11-,22-17-,25-20-,27-21-,33-28+/t44?,45-/m1/s1. The van der Waals surface area contributed by atoms with Crippen molar-refractivity contribution in [2.45, 2.75) is 175 Å². The lowest BCUT2D eigenvalue weighted by Crippen LogP contribution is -2.29. The molecule has 4 N–H and O–H groups in total. The Bertz CT molecular complexity index is 1520. The van der Waals surface area contributed by atoms with E-state index in [4.69, 9.17) is 28.7 Å². The predicted molar refractivity (Wildman–Crippen MR) is 247 cm³/mol. The molecule has 1 rings (SSSR count). The first-order chi connectivity index (χ1) is 29.5. The van der Waals surface area contributed by atoms with Crippen molar-refractivity contribution < 1.29 is 47.1 Å². The Labute approximate surface area is 368 Å². The number of rotatable bonds is 38. The van der Waals surface area contributed by atoms with Crippen LogP contribution < -0.4 is 5.73 Å². The molecule has 0 fully saturated rings. The van der Waals surface area contributed by atoms with Gasteiger partial charge in [-0.2, -0.15) is 0 Å². The van der Waals surface area contributed by atoms with Gasteiger partial charge in [-0.25, -0.2) is 4.57 Å². The lowest BCUT2D eigenvalue weighted by molar-refractivity contribution is -0.161. The Morgan fingerprint density at radius 1 is 0.705 bits per heavy atom. The van der Waals surface area contributed by atoms with Crippen LogP contribution in [0.5, 0.6) is 0 Å². The summed E-state index contributed by atoms with van der Waals surface area (Å²) in [7, 11) is -4.43. The predicted octanol–water partition coefficient (Wildman–Crippen LogP) is 11.7. The van der Waals surface area contributed by atoms with Crippen LogP contribution in [-0.4, -0.2) is 60.5 Å². The molecular weight excluding hydrogens is 794 g/mol. The van der Waals surface area contributed by atoms with Crippen molar-refractivity contribution in [1.82, 2.24) is 0 Å². The summed E-state index contributed by atoms with van der Waals surface area (Å²) in [6, 6.07) is 0. The van der Waals surface area contributed by atoms with E-state index in [0.717, 1.165) is 70.0 Å². The van der Waals surface area contributed by atoms with Crippen LogP contribution in [-0.2, 0) is 45.5 Å². The summed E-state index contributed by atoms with van der Waals surface area (Å²) in [5.41, 5.74) is 7.99. The lowest BCUT2D eigenvalue weighted by Gasteiger charge is -2.19. The first-order valence-corrected chi connectivity index (χ1v) is 24.4. The number of aliphatic hydroxyl groups is 1. The highest BCUT2D eigenvalue weighted by Gasteiger charge is 2.26. The average Bonchev–Trinajstić information content (AvgIpc) is 3.51. The molecule has 1 aromatic heterocycles. The number of hydrogen-bond donors (Lipinski definition) is 3. The number of phosphoric acid groups is 1. The van der Waals surface area contributed by atoms with E-state index in [9.17, 15) is 24.2 Å². The number of esters is 2. The summed E-state index contributed by atoms with van der Waals surface area (Å²) in [4.78, 5) is 35.0. The number of aryl methyl sites for hydroxylation is 2. The molecule has 61 heavy (non-hydrogen) atoms. The zero-order chi connectivity index (χ0) is 44.8. The molecule has 12 heteroatoms. The minimum atomic E-state index is -4.43. The van der Waals surface area contributed by atoms with Crippen LogP contribution >= 0.6 is 7.82 Å². The van der Waals surface area contributed by atoms with Crippen molar-refractivity contribution in [2.24, 2.45) is 5.73 Å². The number of carbonyl (C=O) groups is 2. The summed E-state index contributed by atoms with van der Waals surface area (Å²) in [6.45, 7) is 7.73. The molecule has 0 aromatic carbocycles. The fourth-order valence-corrected chi connectivity index (χ4v) is 6.98. The average molecular weight is 874 g/mol. The van der Waals surface area contributed by atoms with Gasteiger partial charge in [0.15, 0.2) is 6.10 Å². The van der Waals surface area contributed by atoms with Crippen molar-refractivity contribution in [3.05, 3.63) is 95.6 Å². The van der Waals surface area contributed by atoms with Gasteiger partial charge in [0.1, 0.15) is 18.1 Å². The molecule has 346 valence electrons. The second kappa shape index (κ2) is 37.3. The second-order valence-corrected chi connectivity index (χ2v) is 16.8. The maximum absolute atomic E-state index is 12.6. The Hall–Kier alpha value is -3.31. The van der Waals surface area contributed by atoms with Gasteiger partial charge >= 0.3 is 19.8 Å². The van der Waals surface area contributed by atoms with Crippen LogP contribution in [0.15, 0.2) is 77.3 Å². The zero-order valence-electron chi connectivity index (χ0n) is 37.9. The molecule has 1 heterocycles. The van der Waals surface area contributed by atoms with Crippen LogP contribution in [0, 0.1) is 13.8 Å². The van der Waals surface area contributed by atoms with Crippen LogP contribution in [0.25, 0.3) is 0 Å². The van der Waals surface area contributed by atoms with E-state index in [1.165, 1.54) is 49.0 Å². The van der Waals surface area contributed by atoms with Crippen molar-refractivity contribution in [3.8, 4) is 0 Å². The number of nitrogens with two attached hydrogens (primary N) is 1. The van der Waals surface area contributed by atoms with Crippen LogP contribution in [0.2, 0.25) is 0 Å². The topological polar surface area (TPSA) is 168 Å². The van der Waals surface area contributed by atoms with Crippen LogP contribution in [0.4, 0.5) is 0 Å². The smallest absolute Gasteiger partial charge is 0.466 e. The normalized spacial score (nSPS) is 14.4. The van der Waals surface area contributed by atoms with Gasteiger partial charge < -0.3 is 29.6 Å². The lowest BCUT2D eigenvalue weighted by atomic mass is 10.0. The van der Waals surface area contributed by atoms with Gasteiger partial charge in [0.2, 0.25) is 0 Å². The van der Waals surface area contributed by atoms with Gasteiger partial charge in [0.05, 0.1) is 19.3 Å². The molecule has 11 nitrogen and oxygen atoms in total. The maximum Gasteiger partial charge on any atom is 0.472 e. The zero-order valence-corrected chi connectivity index (χ0v) is 38.8. The number of ether oxygens (including phenoxy) is 2. The Kier molecular flexibility index (Phi) is 34.0. The fraction of sp³-hybridized carbons (Fsp3) is 0.633. The molecule has 0 amide bonds. The third-order valence-corrected chi connectivity index (χ3v) is 10.9. The number of phosphoric ester groups is 1. The van der Waals surface area contributed by atoms with Gasteiger partial charge in [-0.1, -0.05) is 138 Å². The Balaban J connectivity index is 2.32. The maximum atomic E-state index is 12.6. The van der Waals surface area contributed by atoms with Gasteiger partial charge in [-0.05, 0) is 82.8 Å². The molecule has 0 aliphatic heterocycles. The number of allylic oxidation sites excluding steroid dienone is 10. The monoisotopic (exact) mass is 874 g/mol. The first-order valence-electron chi connectivity index (χ1n) is 22.9. The summed E-state index contributed by atoms with van der Waals surface area (Å²) in [5.74, 6) is 1.33. The summed E-state index contributed by atoms with van der Waals surface area (Å²) < 4.78 is 39.0. The molecule has 0 saturated carbocycles. The van der Waals surface area contributed by atoms with Gasteiger partial charge in [-0.3, -0.25) is 18.6 Å². The summed E-state index contributed by atoms with van der Waals surface area (Å²) >= 11 is 0. The van der Waals surface area contributed by atoms with Crippen molar-refractivity contribution in [3.63, 3.8) is 0 Å². The first kappa shape index (κ1) is 55.7.